The summed E-state index contributed by atoms with van der Waals surface area (Å²) in [6, 6.07) is 6.79. The van der Waals surface area contributed by atoms with Crippen molar-refractivity contribution in [2.24, 2.45) is 0 Å². The summed E-state index contributed by atoms with van der Waals surface area (Å²) in [6.45, 7) is 0. The maximum atomic E-state index is 13.6. The fraction of sp³-hybridized carbons (Fsp3) is 0.471. The van der Waals surface area contributed by atoms with E-state index in [1.165, 1.54) is 12.3 Å². The SMILES string of the molecule is O=S1(=O)CC[C@@H](NN([C@H]2CCS(=O)(=O)C2)S(=O)(=O)c2cccc3cccnc23)C1. The van der Waals surface area contributed by atoms with Crippen LogP contribution in [0.25, 0.3) is 10.9 Å². The van der Waals surface area contributed by atoms with Crippen molar-refractivity contribution in [2.75, 3.05) is 23.0 Å². The second-order valence-corrected chi connectivity index (χ2v) is 13.7. The monoisotopic (exact) mass is 459 g/mol. The first-order valence-corrected chi connectivity index (χ1v) is 14.2. The van der Waals surface area contributed by atoms with E-state index >= 15 is 0 Å². The predicted octanol–water partition coefficient (Wildman–Crippen LogP) is 0.104. The number of rotatable bonds is 5. The summed E-state index contributed by atoms with van der Waals surface area (Å²) in [6.07, 6.45) is 1.90. The van der Waals surface area contributed by atoms with E-state index in [-0.39, 0.29) is 46.3 Å². The van der Waals surface area contributed by atoms with Crippen molar-refractivity contribution in [2.45, 2.75) is 29.8 Å². The summed E-state index contributed by atoms with van der Waals surface area (Å²) in [4.78, 5) is 4.14. The second-order valence-electron chi connectivity index (χ2n) is 7.42. The first-order chi connectivity index (χ1) is 13.6. The van der Waals surface area contributed by atoms with E-state index in [0.717, 1.165) is 4.41 Å². The molecule has 0 saturated carbocycles. The normalized spacial score (nSPS) is 26.2. The van der Waals surface area contributed by atoms with Crippen molar-refractivity contribution in [1.29, 1.82) is 0 Å². The van der Waals surface area contributed by atoms with Gasteiger partial charge in [0.15, 0.2) is 19.7 Å². The minimum absolute atomic E-state index is 0.0304. The number of nitrogens with one attached hydrogen (secondary N) is 1. The van der Waals surface area contributed by atoms with Crippen LogP contribution in [0.1, 0.15) is 12.8 Å². The van der Waals surface area contributed by atoms with Gasteiger partial charge in [0.05, 0.1) is 34.6 Å². The first kappa shape index (κ1) is 20.7. The van der Waals surface area contributed by atoms with Crippen molar-refractivity contribution in [3.63, 3.8) is 0 Å². The van der Waals surface area contributed by atoms with E-state index in [0.29, 0.717) is 5.39 Å². The zero-order chi connectivity index (χ0) is 20.9. The highest BCUT2D eigenvalue weighted by Gasteiger charge is 2.42. The molecule has 2 atom stereocenters. The van der Waals surface area contributed by atoms with Gasteiger partial charge in [-0.25, -0.2) is 30.7 Å². The largest absolute Gasteiger partial charge is 0.258 e. The third-order valence-electron chi connectivity index (χ3n) is 5.21. The number of hydrogen-bond acceptors (Lipinski definition) is 8. The van der Waals surface area contributed by atoms with Gasteiger partial charge < -0.3 is 0 Å². The topological polar surface area (TPSA) is 131 Å². The average molecular weight is 460 g/mol. The molecule has 4 rings (SSSR count). The zero-order valence-electron chi connectivity index (χ0n) is 15.4. The van der Waals surface area contributed by atoms with E-state index in [9.17, 15) is 25.3 Å². The molecule has 3 heterocycles. The fourth-order valence-electron chi connectivity index (χ4n) is 3.80. The number of fused-ring (bicyclic) bond motifs is 1. The molecule has 0 spiro atoms. The third-order valence-corrected chi connectivity index (χ3v) is 10.5. The van der Waals surface area contributed by atoms with E-state index in [2.05, 4.69) is 10.4 Å². The zero-order valence-corrected chi connectivity index (χ0v) is 17.9. The van der Waals surface area contributed by atoms with Gasteiger partial charge in [-0.2, -0.15) is 0 Å². The molecule has 1 aromatic carbocycles. The average Bonchev–Trinajstić information content (AvgIpc) is 3.19. The Balaban J connectivity index is 1.77. The molecule has 158 valence electrons. The van der Waals surface area contributed by atoms with Crippen LogP contribution in [0.15, 0.2) is 41.4 Å². The second kappa shape index (κ2) is 7.27. The Morgan fingerprint density at radius 2 is 1.66 bits per heavy atom. The van der Waals surface area contributed by atoms with Crippen molar-refractivity contribution >= 4 is 40.6 Å². The summed E-state index contributed by atoms with van der Waals surface area (Å²) in [7, 11) is -10.8. The third kappa shape index (κ3) is 4.17. The van der Waals surface area contributed by atoms with Crippen molar-refractivity contribution in [3.8, 4) is 0 Å². The lowest BCUT2D eigenvalue weighted by molar-refractivity contribution is 0.229. The van der Waals surface area contributed by atoms with Gasteiger partial charge in [-0.15, -0.1) is 4.41 Å². The molecule has 2 aliphatic heterocycles. The van der Waals surface area contributed by atoms with Crippen molar-refractivity contribution in [1.82, 2.24) is 14.8 Å². The summed E-state index contributed by atoms with van der Waals surface area (Å²) >= 11 is 0. The van der Waals surface area contributed by atoms with Gasteiger partial charge in [0.25, 0.3) is 10.0 Å². The van der Waals surface area contributed by atoms with E-state index in [4.69, 9.17) is 0 Å². The summed E-state index contributed by atoms with van der Waals surface area (Å²) in [5.41, 5.74) is 3.11. The number of nitrogens with zero attached hydrogens (tertiary/aromatic N) is 2. The number of hydrazine groups is 1. The Bertz CT molecular complexity index is 1250. The number of aromatic nitrogens is 1. The lowest BCUT2D eigenvalue weighted by Gasteiger charge is -2.30. The van der Waals surface area contributed by atoms with Crippen LogP contribution < -0.4 is 5.43 Å². The highest BCUT2D eigenvalue weighted by Crippen LogP contribution is 2.28. The van der Waals surface area contributed by atoms with Crippen LogP contribution >= 0.6 is 0 Å². The number of para-hydroxylation sites is 1. The molecule has 2 aliphatic rings. The standard InChI is InChI=1S/C17H21N3O6S3/c21-27(22)9-6-14(11-27)19-20(15-7-10-28(23,24)12-15)29(25,26)16-5-1-3-13-4-2-8-18-17(13)16/h1-5,8,14-15,19H,6-7,9-12H2/t14-,15+/m1/s1. The van der Waals surface area contributed by atoms with Crippen LogP contribution in [-0.4, -0.2) is 69.7 Å². The fourth-order valence-corrected chi connectivity index (χ4v) is 8.99. The molecule has 1 aromatic heterocycles. The first-order valence-electron chi connectivity index (χ1n) is 9.13. The minimum atomic E-state index is -4.19. The molecule has 9 nitrogen and oxygen atoms in total. The Morgan fingerprint density at radius 3 is 2.31 bits per heavy atom. The predicted molar refractivity (Wildman–Crippen MR) is 108 cm³/mol. The Morgan fingerprint density at radius 1 is 0.966 bits per heavy atom. The molecule has 0 radical (unpaired) electrons. The smallest absolute Gasteiger partial charge is 0.255 e. The molecule has 0 amide bonds. The molecule has 0 bridgehead atoms. The number of sulfonamides is 1. The number of benzene rings is 1. The van der Waals surface area contributed by atoms with Crippen LogP contribution in [0.3, 0.4) is 0 Å². The van der Waals surface area contributed by atoms with E-state index in [1.807, 2.05) is 0 Å². The molecular weight excluding hydrogens is 438 g/mol. The Kier molecular flexibility index (Phi) is 5.18. The molecule has 2 saturated heterocycles. The Labute approximate surface area is 170 Å². The van der Waals surface area contributed by atoms with Gasteiger partial charge in [0, 0.05) is 17.6 Å². The minimum Gasteiger partial charge on any atom is -0.255 e. The maximum absolute atomic E-state index is 13.6. The quantitative estimate of drug-likeness (QED) is 0.623. The molecule has 29 heavy (non-hydrogen) atoms. The molecular formula is C17H21N3O6S3. The lowest BCUT2D eigenvalue weighted by atomic mass is 10.2. The van der Waals surface area contributed by atoms with Gasteiger partial charge in [0.2, 0.25) is 0 Å². The van der Waals surface area contributed by atoms with Crippen LogP contribution in [0.4, 0.5) is 0 Å². The number of sulfone groups is 2. The van der Waals surface area contributed by atoms with Gasteiger partial charge in [-0.05, 0) is 25.0 Å². The molecule has 2 aromatic rings. The van der Waals surface area contributed by atoms with Crippen molar-refractivity contribution < 1.29 is 25.3 Å². The molecule has 1 N–H and O–H groups in total. The molecule has 2 fully saturated rings. The van der Waals surface area contributed by atoms with Gasteiger partial charge in [-0.1, -0.05) is 18.2 Å². The van der Waals surface area contributed by atoms with Crippen LogP contribution in [0, 0.1) is 0 Å². The van der Waals surface area contributed by atoms with Crippen molar-refractivity contribution in [3.05, 3.63) is 36.5 Å². The molecule has 0 unspecified atom stereocenters. The lowest BCUT2D eigenvalue weighted by Crippen LogP contribution is -2.54. The van der Waals surface area contributed by atoms with E-state index in [1.54, 1.807) is 24.3 Å². The van der Waals surface area contributed by atoms with Gasteiger partial charge in [0.1, 0.15) is 4.90 Å². The highest BCUT2D eigenvalue weighted by atomic mass is 32.2. The van der Waals surface area contributed by atoms with Crippen LogP contribution in [0.2, 0.25) is 0 Å². The summed E-state index contributed by atoms with van der Waals surface area (Å²) in [5.74, 6) is -0.636. The van der Waals surface area contributed by atoms with E-state index < -0.39 is 41.8 Å². The van der Waals surface area contributed by atoms with Gasteiger partial charge >= 0.3 is 0 Å². The Hall–Kier alpha value is -1.60. The summed E-state index contributed by atoms with van der Waals surface area (Å²) in [5, 5.41) is 0.635. The van der Waals surface area contributed by atoms with Gasteiger partial charge in [-0.3, -0.25) is 4.98 Å². The van der Waals surface area contributed by atoms with Crippen LogP contribution in [-0.2, 0) is 29.7 Å². The number of hydrogen-bond donors (Lipinski definition) is 1. The summed E-state index contributed by atoms with van der Waals surface area (Å²) < 4.78 is 75.8. The highest BCUT2D eigenvalue weighted by molar-refractivity contribution is 7.92. The molecule has 12 heteroatoms. The maximum Gasteiger partial charge on any atom is 0.258 e. The molecule has 0 aliphatic carbocycles. The van der Waals surface area contributed by atoms with Crippen LogP contribution in [0.5, 0.6) is 0 Å². The number of pyridine rings is 1.